The van der Waals surface area contributed by atoms with Crippen molar-refractivity contribution in [3.8, 4) is 0 Å². The van der Waals surface area contributed by atoms with Crippen molar-refractivity contribution in [2.24, 2.45) is 0 Å². The average molecular weight is 869 g/mol. The summed E-state index contributed by atoms with van der Waals surface area (Å²) in [6.07, 6.45) is 35.5. The van der Waals surface area contributed by atoms with Gasteiger partial charge in [0.15, 0.2) is 0 Å². The number of unbranched alkanes of at least 4 members (excludes halogenated alkanes) is 13. The standard InChI is InChI=1S/C47H81O12P/c1-3-5-7-9-11-13-15-16-17-18-19-20-21-22-23-24-25-27-29-31-33-35-37-56-38-40(58-41(48)36-34-32-30-28-26-14-12-10-8-6-4-2)39-57-60(54,55)59-47-45(52)43(50)42(49)44(51)46(47)53/h5,7,11,13,16-17,19-20,22-23,25,27,40,42-47,49-53H,3-4,6,8-10,12,14-15,18,21,24,26,28-39H2,1-2H3,(H,54,55)/b7-5-,13-11-,17-16-,20-19-,23-22-,27-25-. The Morgan fingerprint density at radius 2 is 0.983 bits per heavy atom. The van der Waals surface area contributed by atoms with E-state index in [9.17, 15) is 39.8 Å². The first-order valence-electron chi connectivity index (χ1n) is 22.8. The zero-order chi connectivity index (χ0) is 44.1. The summed E-state index contributed by atoms with van der Waals surface area (Å²) in [7, 11) is -5.03. The van der Waals surface area contributed by atoms with Crippen LogP contribution in [0.1, 0.15) is 155 Å². The predicted octanol–water partition coefficient (Wildman–Crippen LogP) is 9.19. The third-order valence-electron chi connectivity index (χ3n) is 10.1. The van der Waals surface area contributed by atoms with Crippen molar-refractivity contribution >= 4 is 13.8 Å². The molecule has 6 N–H and O–H groups in total. The summed E-state index contributed by atoms with van der Waals surface area (Å²) in [6.45, 7) is 4.04. The quantitative estimate of drug-likeness (QED) is 0.0150. The molecular weight excluding hydrogens is 787 g/mol. The Kier molecular flexibility index (Phi) is 34.7. The van der Waals surface area contributed by atoms with Crippen LogP contribution in [0.25, 0.3) is 0 Å². The van der Waals surface area contributed by atoms with E-state index in [1.165, 1.54) is 44.9 Å². The molecule has 1 aliphatic carbocycles. The number of carbonyl (C=O) groups excluding carboxylic acids is 1. The summed E-state index contributed by atoms with van der Waals surface area (Å²) in [5, 5.41) is 50.1. The molecule has 6 unspecified atom stereocenters. The minimum absolute atomic E-state index is 0.102. The number of hydrogen-bond acceptors (Lipinski definition) is 11. The van der Waals surface area contributed by atoms with Crippen LogP contribution in [-0.2, 0) is 27.9 Å². The molecule has 0 amide bonds. The summed E-state index contributed by atoms with van der Waals surface area (Å²) >= 11 is 0. The molecule has 0 spiro atoms. The highest BCUT2D eigenvalue weighted by Gasteiger charge is 2.51. The van der Waals surface area contributed by atoms with Crippen LogP contribution in [0.5, 0.6) is 0 Å². The number of rotatable bonds is 37. The number of hydrogen-bond donors (Lipinski definition) is 6. The second kappa shape index (κ2) is 37.3. The van der Waals surface area contributed by atoms with Crippen LogP contribution in [-0.4, -0.2) is 98.9 Å². The molecule has 13 heteroatoms. The fourth-order valence-corrected chi connectivity index (χ4v) is 7.45. The highest BCUT2D eigenvalue weighted by atomic mass is 31.2. The number of esters is 1. The number of aliphatic hydroxyl groups excluding tert-OH is 5. The maximum Gasteiger partial charge on any atom is 0.472 e. The molecular formula is C47H81O12P. The molecule has 1 fully saturated rings. The normalized spacial score (nSPS) is 23.0. The van der Waals surface area contributed by atoms with Crippen LogP contribution in [0.2, 0.25) is 0 Å². The molecule has 0 radical (unpaired) electrons. The third-order valence-corrected chi connectivity index (χ3v) is 11.1. The Labute approximate surface area is 361 Å². The smallest absolute Gasteiger partial charge is 0.457 e. The Balaban J connectivity index is 2.41. The minimum Gasteiger partial charge on any atom is -0.457 e. The van der Waals surface area contributed by atoms with Crippen molar-refractivity contribution in [2.45, 2.75) is 198 Å². The van der Waals surface area contributed by atoms with Crippen molar-refractivity contribution in [2.75, 3.05) is 19.8 Å². The van der Waals surface area contributed by atoms with E-state index < -0.39 is 63.1 Å². The first-order chi connectivity index (χ1) is 29.0. The summed E-state index contributed by atoms with van der Waals surface area (Å²) in [5.41, 5.74) is 0. The fraction of sp³-hybridized carbons (Fsp3) is 0.723. The second-order valence-corrected chi connectivity index (χ2v) is 16.9. The lowest BCUT2D eigenvalue weighted by Gasteiger charge is -2.41. The Bertz CT molecular complexity index is 1260. The van der Waals surface area contributed by atoms with E-state index >= 15 is 0 Å². The molecule has 6 atom stereocenters. The number of allylic oxidation sites excluding steroid dienone is 12. The highest BCUT2D eigenvalue weighted by molar-refractivity contribution is 7.47. The topological polar surface area (TPSA) is 192 Å². The highest BCUT2D eigenvalue weighted by Crippen LogP contribution is 2.47. The van der Waals surface area contributed by atoms with E-state index in [-0.39, 0.29) is 13.0 Å². The molecule has 1 aliphatic rings. The average Bonchev–Trinajstić information content (AvgIpc) is 3.23. The summed E-state index contributed by atoms with van der Waals surface area (Å²) in [6, 6.07) is 0. The Hall–Kier alpha value is -2.22. The lowest BCUT2D eigenvalue weighted by molar-refractivity contribution is -0.220. The van der Waals surface area contributed by atoms with Gasteiger partial charge in [0.05, 0.1) is 13.2 Å². The van der Waals surface area contributed by atoms with E-state index in [0.29, 0.717) is 13.0 Å². The van der Waals surface area contributed by atoms with Gasteiger partial charge in [-0.2, -0.15) is 0 Å². The summed E-state index contributed by atoms with van der Waals surface area (Å²) in [5.74, 6) is -0.494. The summed E-state index contributed by atoms with van der Waals surface area (Å²) in [4.78, 5) is 23.1. The second-order valence-electron chi connectivity index (χ2n) is 15.5. The third kappa shape index (κ3) is 29.1. The van der Waals surface area contributed by atoms with Gasteiger partial charge in [0.2, 0.25) is 0 Å². The summed E-state index contributed by atoms with van der Waals surface area (Å²) < 4.78 is 34.1. The maximum atomic E-state index is 12.8. The molecule has 0 aliphatic heterocycles. The van der Waals surface area contributed by atoms with E-state index in [1.807, 2.05) is 0 Å². The monoisotopic (exact) mass is 869 g/mol. The molecule has 0 aromatic rings. The molecule has 0 aromatic carbocycles. The zero-order valence-electron chi connectivity index (χ0n) is 36.7. The number of carbonyl (C=O) groups is 1. The Morgan fingerprint density at radius 3 is 1.48 bits per heavy atom. The Morgan fingerprint density at radius 1 is 0.550 bits per heavy atom. The lowest BCUT2D eigenvalue weighted by Crippen LogP contribution is -2.64. The number of ether oxygens (including phenoxy) is 2. The van der Waals surface area contributed by atoms with Crippen molar-refractivity contribution in [1.29, 1.82) is 0 Å². The predicted molar refractivity (Wildman–Crippen MR) is 239 cm³/mol. The largest absolute Gasteiger partial charge is 0.472 e. The van der Waals surface area contributed by atoms with Crippen molar-refractivity contribution in [3.05, 3.63) is 72.9 Å². The van der Waals surface area contributed by atoms with Crippen LogP contribution in [0.15, 0.2) is 72.9 Å². The van der Waals surface area contributed by atoms with E-state index in [1.54, 1.807) is 0 Å². The van der Waals surface area contributed by atoms with Gasteiger partial charge in [0, 0.05) is 13.0 Å². The minimum atomic E-state index is -5.03. The molecule has 346 valence electrons. The number of phosphoric acid groups is 1. The van der Waals surface area contributed by atoms with Gasteiger partial charge in [0.1, 0.15) is 42.7 Å². The SMILES string of the molecule is CC/C=C\C/C=C\C/C=C\C/C=C\C/C=C\C/C=C\CCCCCOCC(COP(=O)(O)OC1C(O)C(O)C(O)C(O)C1O)OC(=O)CCCCCCCCCCCCC. The van der Waals surface area contributed by atoms with Gasteiger partial charge < -0.3 is 39.9 Å². The number of phosphoric ester groups is 1. The van der Waals surface area contributed by atoms with Gasteiger partial charge in [-0.1, -0.05) is 157 Å². The van der Waals surface area contributed by atoms with Crippen LogP contribution in [0, 0.1) is 0 Å². The van der Waals surface area contributed by atoms with Gasteiger partial charge in [-0.25, -0.2) is 4.57 Å². The molecule has 60 heavy (non-hydrogen) atoms. The van der Waals surface area contributed by atoms with E-state index in [4.69, 9.17) is 18.5 Å². The molecule has 0 bridgehead atoms. The van der Waals surface area contributed by atoms with Crippen LogP contribution >= 0.6 is 7.82 Å². The first kappa shape index (κ1) is 55.8. The molecule has 12 nitrogen and oxygen atoms in total. The molecule has 1 rings (SSSR count). The molecule has 0 heterocycles. The maximum absolute atomic E-state index is 12.8. The van der Waals surface area contributed by atoms with Crippen LogP contribution in [0.4, 0.5) is 0 Å². The fourth-order valence-electron chi connectivity index (χ4n) is 6.48. The van der Waals surface area contributed by atoms with Crippen molar-refractivity contribution in [3.63, 3.8) is 0 Å². The van der Waals surface area contributed by atoms with Gasteiger partial charge in [-0.15, -0.1) is 0 Å². The van der Waals surface area contributed by atoms with Crippen LogP contribution in [0.3, 0.4) is 0 Å². The first-order valence-corrected chi connectivity index (χ1v) is 24.3. The van der Waals surface area contributed by atoms with Gasteiger partial charge >= 0.3 is 13.8 Å². The zero-order valence-corrected chi connectivity index (χ0v) is 37.6. The molecule has 0 saturated heterocycles. The van der Waals surface area contributed by atoms with Crippen molar-refractivity contribution in [1.82, 2.24) is 0 Å². The van der Waals surface area contributed by atoms with Gasteiger partial charge in [-0.3, -0.25) is 13.8 Å². The number of aliphatic hydroxyl groups is 5. The molecule has 1 saturated carbocycles. The van der Waals surface area contributed by atoms with E-state index in [0.717, 1.165) is 83.5 Å². The molecule has 0 aromatic heterocycles. The van der Waals surface area contributed by atoms with E-state index in [2.05, 4.69) is 86.8 Å². The van der Waals surface area contributed by atoms with Crippen molar-refractivity contribution < 1.29 is 58.3 Å². The van der Waals surface area contributed by atoms with Gasteiger partial charge in [-0.05, 0) is 64.2 Å². The van der Waals surface area contributed by atoms with Gasteiger partial charge in [0.25, 0.3) is 0 Å². The lowest BCUT2D eigenvalue weighted by atomic mass is 9.85. The van der Waals surface area contributed by atoms with Crippen LogP contribution < -0.4 is 0 Å².